The predicted molar refractivity (Wildman–Crippen MR) is 58.5 cm³/mol. The number of hydrogen-bond acceptors (Lipinski definition) is 3. The lowest BCUT2D eigenvalue weighted by Crippen LogP contribution is -1.93. The van der Waals surface area contributed by atoms with Crippen molar-refractivity contribution in [3.8, 4) is 0 Å². The van der Waals surface area contributed by atoms with Gasteiger partial charge in [-0.3, -0.25) is 10.1 Å². The predicted octanol–water partition coefficient (Wildman–Crippen LogP) is 2.38. The Balaban J connectivity index is 3.13. The van der Waals surface area contributed by atoms with E-state index in [0.717, 1.165) is 5.57 Å². The van der Waals surface area contributed by atoms with Crippen molar-refractivity contribution in [3.63, 3.8) is 0 Å². The summed E-state index contributed by atoms with van der Waals surface area (Å²) in [5.41, 5.74) is 1.38. The number of nitro benzene ring substituents is 1. The van der Waals surface area contributed by atoms with Crippen LogP contribution in [0.5, 0.6) is 0 Å². The molecule has 0 radical (unpaired) electrons. The first-order valence-corrected chi connectivity index (χ1v) is 4.72. The lowest BCUT2D eigenvalue weighted by molar-refractivity contribution is -0.385. The van der Waals surface area contributed by atoms with E-state index in [0.29, 0.717) is 12.0 Å². The number of hydrogen-bond donors (Lipinski definition) is 1. The van der Waals surface area contributed by atoms with Crippen molar-refractivity contribution >= 4 is 11.8 Å². The van der Waals surface area contributed by atoms with Crippen LogP contribution in [-0.4, -0.2) is 16.6 Å². The Morgan fingerprint density at radius 3 is 2.73 bits per heavy atom. The van der Waals surface area contributed by atoms with Crippen LogP contribution in [0.25, 0.3) is 6.08 Å². The van der Waals surface area contributed by atoms with Crippen LogP contribution in [-0.2, 0) is 0 Å². The fourth-order valence-electron chi connectivity index (χ4n) is 1.26. The molecule has 0 atom stereocenters. The van der Waals surface area contributed by atoms with Gasteiger partial charge in [0.1, 0.15) is 0 Å². The Hall–Kier alpha value is -1.68. The number of benzene rings is 1. The molecule has 0 aliphatic carbocycles. The van der Waals surface area contributed by atoms with Gasteiger partial charge in [-0.2, -0.15) is 0 Å². The van der Waals surface area contributed by atoms with Crippen molar-refractivity contribution in [2.75, 3.05) is 6.61 Å². The fourth-order valence-corrected chi connectivity index (χ4v) is 1.26. The number of para-hydroxylation sites is 1. The average molecular weight is 207 g/mol. The second-order valence-electron chi connectivity index (χ2n) is 3.13. The molecule has 0 amide bonds. The zero-order chi connectivity index (χ0) is 11.3. The van der Waals surface area contributed by atoms with E-state index in [2.05, 4.69) is 0 Å². The molecule has 0 aliphatic rings. The van der Waals surface area contributed by atoms with Gasteiger partial charge in [0.25, 0.3) is 5.69 Å². The molecule has 0 aliphatic heterocycles. The zero-order valence-corrected chi connectivity index (χ0v) is 8.51. The zero-order valence-electron chi connectivity index (χ0n) is 8.51. The van der Waals surface area contributed by atoms with Crippen LogP contribution in [0.1, 0.15) is 18.9 Å². The van der Waals surface area contributed by atoms with Crippen molar-refractivity contribution in [2.45, 2.75) is 13.3 Å². The van der Waals surface area contributed by atoms with Crippen molar-refractivity contribution in [3.05, 3.63) is 45.5 Å². The van der Waals surface area contributed by atoms with Crippen LogP contribution in [0, 0.1) is 10.1 Å². The third-order valence-corrected chi connectivity index (χ3v) is 2.15. The highest BCUT2D eigenvalue weighted by atomic mass is 16.6. The smallest absolute Gasteiger partial charge is 0.276 e. The molecule has 0 heterocycles. The number of rotatable bonds is 4. The second kappa shape index (κ2) is 5.26. The summed E-state index contributed by atoms with van der Waals surface area (Å²) >= 11 is 0. The summed E-state index contributed by atoms with van der Waals surface area (Å²) in [6, 6.07) is 6.49. The first-order valence-electron chi connectivity index (χ1n) is 4.72. The maximum absolute atomic E-state index is 10.7. The molecule has 0 unspecified atom stereocenters. The Labute approximate surface area is 88.0 Å². The summed E-state index contributed by atoms with van der Waals surface area (Å²) in [4.78, 5) is 10.3. The minimum absolute atomic E-state index is 0.0666. The molecule has 0 saturated carbocycles. The fraction of sp³-hybridized carbons (Fsp3) is 0.273. The lowest BCUT2D eigenvalue weighted by Gasteiger charge is -2.01. The van der Waals surface area contributed by atoms with Gasteiger partial charge in [-0.05, 0) is 24.1 Å². The molecule has 0 spiro atoms. The molecule has 0 fully saturated rings. The second-order valence-corrected chi connectivity index (χ2v) is 3.13. The maximum atomic E-state index is 10.7. The molecular weight excluding hydrogens is 194 g/mol. The maximum Gasteiger partial charge on any atom is 0.276 e. The van der Waals surface area contributed by atoms with E-state index >= 15 is 0 Å². The Bertz CT molecular complexity index is 379. The van der Waals surface area contributed by atoms with Gasteiger partial charge >= 0.3 is 0 Å². The van der Waals surface area contributed by atoms with Crippen molar-refractivity contribution < 1.29 is 10.0 Å². The molecule has 1 aromatic carbocycles. The highest BCUT2D eigenvalue weighted by Crippen LogP contribution is 2.21. The Kier molecular flexibility index (Phi) is 4.00. The van der Waals surface area contributed by atoms with Crippen LogP contribution in [0.15, 0.2) is 29.8 Å². The highest BCUT2D eigenvalue weighted by Gasteiger charge is 2.10. The largest absolute Gasteiger partial charge is 0.392 e. The Morgan fingerprint density at radius 2 is 2.20 bits per heavy atom. The third kappa shape index (κ3) is 2.89. The topological polar surface area (TPSA) is 63.4 Å². The minimum Gasteiger partial charge on any atom is -0.392 e. The van der Waals surface area contributed by atoms with Gasteiger partial charge in [0.15, 0.2) is 0 Å². The third-order valence-electron chi connectivity index (χ3n) is 2.15. The van der Waals surface area contributed by atoms with Crippen LogP contribution >= 0.6 is 0 Å². The van der Waals surface area contributed by atoms with E-state index in [9.17, 15) is 10.1 Å². The van der Waals surface area contributed by atoms with Crippen molar-refractivity contribution in [1.29, 1.82) is 0 Å². The van der Waals surface area contributed by atoms with Crippen LogP contribution < -0.4 is 0 Å². The monoisotopic (exact) mass is 207 g/mol. The lowest BCUT2D eigenvalue weighted by atomic mass is 10.1. The molecule has 1 N–H and O–H groups in total. The van der Waals surface area contributed by atoms with E-state index in [4.69, 9.17) is 5.11 Å². The molecule has 0 saturated heterocycles. The highest BCUT2D eigenvalue weighted by molar-refractivity contribution is 5.62. The van der Waals surface area contributed by atoms with Crippen LogP contribution in [0.4, 0.5) is 5.69 Å². The first-order chi connectivity index (χ1) is 7.19. The minimum atomic E-state index is -0.420. The molecule has 80 valence electrons. The van der Waals surface area contributed by atoms with E-state index in [1.165, 1.54) is 6.07 Å². The Morgan fingerprint density at radius 1 is 1.53 bits per heavy atom. The number of aliphatic hydroxyl groups excluding tert-OH is 1. The van der Waals surface area contributed by atoms with Gasteiger partial charge in [0.2, 0.25) is 0 Å². The quantitative estimate of drug-likeness (QED) is 0.609. The molecule has 1 rings (SSSR count). The van der Waals surface area contributed by atoms with Crippen LogP contribution in [0.3, 0.4) is 0 Å². The molecular formula is C11H13NO3. The normalized spacial score (nSPS) is 11.5. The van der Waals surface area contributed by atoms with Crippen LogP contribution in [0.2, 0.25) is 0 Å². The van der Waals surface area contributed by atoms with Crippen molar-refractivity contribution in [1.82, 2.24) is 0 Å². The van der Waals surface area contributed by atoms with Gasteiger partial charge in [0, 0.05) is 6.07 Å². The van der Waals surface area contributed by atoms with E-state index in [1.807, 2.05) is 6.92 Å². The van der Waals surface area contributed by atoms with Crippen molar-refractivity contribution in [2.24, 2.45) is 0 Å². The summed E-state index contributed by atoms with van der Waals surface area (Å²) in [7, 11) is 0. The van der Waals surface area contributed by atoms with Gasteiger partial charge in [-0.25, -0.2) is 0 Å². The van der Waals surface area contributed by atoms with Gasteiger partial charge in [-0.1, -0.05) is 19.1 Å². The summed E-state index contributed by atoms with van der Waals surface area (Å²) in [5.74, 6) is 0. The molecule has 15 heavy (non-hydrogen) atoms. The SMILES string of the molecule is CCC(=Cc1ccccc1[N+](=O)[O-])CO. The van der Waals surface area contributed by atoms with E-state index < -0.39 is 4.92 Å². The molecule has 4 heteroatoms. The first kappa shape index (κ1) is 11.4. The number of nitrogens with zero attached hydrogens (tertiary/aromatic N) is 1. The summed E-state index contributed by atoms with van der Waals surface area (Å²) in [6.07, 6.45) is 2.35. The summed E-state index contributed by atoms with van der Waals surface area (Å²) < 4.78 is 0. The number of aliphatic hydroxyl groups is 1. The number of nitro groups is 1. The molecule has 1 aromatic rings. The van der Waals surface area contributed by atoms with E-state index in [-0.39, 0.29) is 12.3 Å². The average Bonchev–Trinajstić information content (AvgIpc) is 2.26. The van der Waals surface area contributed by atoms with Gasteiger partial charge < -0.3 is 5.11 Å². The summed E-state index contributed by atoms with van der Waals surface area (Å²) in [6.45, 7) is 1.83. The molecule has 4 nitrogen and oxygen atoms in total. The molecule has 0 aromatic heterocycles. The molecule has 0 bridgehead atoms. The van der Waals surface area contributed by atoms with Gasteiger partial charge in [-0.15, -0.1) is 0 Å². The standard InChI is InChI=1S/C11H13NO3/c1-2-9(8-13)7-10-5-3-4-6-11(10)12(14)15/h3-7,13H,2,8H2,1H3. The summed E-state index contributed by atoms with van der Waals surface area (Å²) in [5, 5.41) is 19.7. The van der Waals surface area contributed by atoms with E-state index in [1.54, 1.807) is 24.3 Å². The van der Waals surface area contributed by atoms with Gasteiger partial charge in [0.05, 0.1) is 17.1 Å².